The zero-order valence-corrected chi connectivity index (χ0v) is 15.6. The quantitative estimate of drug-likeness (QED) is 0.791. The monoisotopic (exact) mass is 374 g/mol. The smallest absolute Gasteiger partial charge is 0.416 e. The number of benzene rings is 1. The van der Waals surface area contributed by atoms with Gasteiger partial charge in [-0.15, -0.1) is 0 Å². The number of ether oxygens (including phenoxy) is 2. The van der Waals surface area contributed by atoms with E-state index in [1.807, 2.05) is 30.3 Å². The molecule has 1 aliphatic heterocycles. The lowest BCUT2D eigenvalue weighted by atomic mass is 9.83. The van der Waals surface area contributed by atoms with Crippen molar-refractivity contribution in [2.75, 3.05) is 20.2 Å². The Morgan fingerprint density at radius 3 is 2.52 bits per heavy atom. The van der Waals surface area contributed by atoms with E-state index in [-0.39, 0.29) is 37.2 Å². The molecule has 1 aromatic carbocycles. The Morgan fingerprint density at radius 2 is 1.89 bits per heavy atom. The first kappa shape index (κ1) is 19.2. The molecule has 7 heteroatoms. The van der Waals surface area contributed by atoms with E-state index in [4.69, 9.17) is 9.47 Å². The van der Waals surface area contributed by atoms with E-state index in [2.05, 4.69) is 0 Å². The summed E-state index contributed by atoms with van der Waals surface area (Å²) in [7, 11) is 1.77. The van der Waals surface area contributed by atoms with Gasteiger partial charge in [0, 0.05) is 19.5 Å². The van der Waals surface area contributed by atoms with Crippen LogP contribution in [0.1, 0.15) is 37.7 Å². The average molecular weight is 374 g/mol. The summed E-state index contributed by atoms with van der Waals surface area (Å²) in [6.07, 6.45) is 2.89. The second-order valence-electron chi connectivity index (χ2n) is 7.19. The van der Waals surface area contributed by atoms with E-state index in [0.29, 0.717) is 13.0 Å². The number of nitrogens with zero attached hydrogens (tertiary/aromatic N) is 2. The van der Waals surface area contributed by atoms with Gasteiger partial charge in [0.25, 0.3) is 0 Å². The second-order valence-corrected chi connectivity index (χ2v) is 7.19. The van der Waals surface area contributed by atoms with Crippen LogP contribution in [0, 0.1) is 5.92 Å². The molecule has 0 bridgehead atoms. The second kappa shape index (κ2) is 8.88. The first-order valence-corrected chi connectivity index (χ1v) is 9.45. The van der Waals surface area contributed by atoms with Crippen LogP contribution in [0.25, 0.3) is 0 Å². The lowest BCUT2D eigenvalue weighted by Crippen LogP contribution is -2.40. The van der Waals surface area contributed by atoms with Crippen molar-refractivity contribution in [3.8, 4) is 0 Å². The number of hydrogen-bond acceptors (Lipinski definition) is 5. The SMILES string of the molecule is CN(C(=O)OCc1ccccc1)C1CCC(CC(=O)N2CCOC2=O)CC1. The Labute approximate surface area is 159 Å². The van der Waals surface area contributed by atoms with E-state index in [0.717, 1.165) is 31.2 Å². The van der Waals surface area contributed by atoms with Crippen LogP contribution in [0.15, 0.2) is 30.3 Å². The van der Waals surface area contributed by atoms with Crippen LogP contribution >= 0.6 is 0 Å². The van der Waals surface area contributed by atoms with Gasteiger partial charge in [-0.2, -0.15) is 0 Å². The molecule has 2 aliphatic rings. The highest BCUT2D eigenvalue weighted by atomic mass is 16.6. The van der Waals surface area contributed by atoms with Crippen molar-refractivity contribution < 1.29 is 23.9 Å². The average Bonchev–Trinajstić information content (AvgIpc) is 3.13. The molecule has 0 atom stereocenters. The molecule has 3 rings (SSSR count). The predicted octanol–water partition coefficient (Wildman–Crippen LogP) is 3.18. The number of cyclic esters (lactones) is 1. The maximum atomic E-state index is 12.3. The molecule has 1 saturated heterocycles. The molecule has 0 N–H and O–H groups in total. The summed E-state index contributed by atoms with van der Waals surface area (Å²) in [6, 6.07) is 9.72. The molecule has 0 radical (unpaired) electrons. The molecule has 1 aliphatic carbocycles. The minimum atomic E-state index is -0.533. The minimum absolute atomic E-state index is 0.122. The van der Waals surface area contributed by atoms with Crippen LogP contribution < -0.4 is 0 Å². The summed E-state index contributed by atoms with van der Waals surface area (Å²) in [4.78, 5) is 38.8. The van der Waals surface area contributed by atoms with Gasteiger partial charge in [-0.05, 0) is 37.2 Å². The number of hydrogen-bond donors (Lipinski definition) is 0. The van der Waals surface area contributed by atoms with Crippen LogP contribution in [0.2, 0.25) is 0 Å². The third-order valence-corrected chi connectivity index (χ3v) is 5.38. The van der Waals surface area contributed by atoms with Gasteiger partial charge in [-0.3, -0.25) is 4.79 Å². The third kappa shape index (κ3) is 4.99. The molecule has 1 aromatic rings. The summed E-state index contributed by atoms with van der Waals surface area (Å²) < 4.78 is 10.2. The van der Waals surface area contributed by atoms with E-state index in [1.54, 1.807) is 11.9 Å². The molecule has 0 aromatic heterocycles. The van der Waals surface area contributed by atoms with Gasteiger partial charge in [0.15, 0.2) is 0 Å². The lowest BCUT2D eigenvalue weighted by Gasteiger charge is -2.34. The highest BCUT2D eigenvalue weighted by molar-refractivity contribution is 5.93. The standard InChI is InChI=1S/C20H26N2O5/c1-21(19(24)27-14-16-5-3-2-4-6-16)17-9-7-15(8-10-17)13-18(23)22-11-12-26-20(22)25/h2-6,15,17H,7-14H2,1H3. The molecule has 0 unspecified atom stereocenters. The fourth-order valence-electron chi connectivity index (χ4n) is 3.68. The molecule has 7 nitrogen and oxygen atoms in total. The van der Waals surface area contributed by atoms with Gasteiger partial charge in [-0.1, -0.05) is 30.3 Å². The Bertz CT molecular complexity index is 670. The van der Waals surface area contributed by atoms with Crippen LogP contribution in [0.4, 0.5) is 9.59 Å². The highest BCUT2D eigenvalue weighted by Gasteiger charge is 2.32. The molecule has 2 fully saturated rings. The van der Waals surface area contributed by atoms with Crippen LogP contribution in [-0.2, 0) is 20.9 Å². The van der Waals surface area contributed by atoms with Crippen molar-refractivity contribution in [1.29, 1.82) is 0 Å². The van der Waals surface area contributed by atoms with Crippen LogP contribution in [-0.4, -0.2) is 54.1 Å². The molecule has 0 spiro atoms. The van der Waals surface area contributed by atoms with Crippen LogP contribution in [0.5, 0.6) is 0 Å². The van der Waals surface area contributed by atoms with E-state index >= 15 is 0 Å². The maximum absolute atomic E-state index is 12.3. The maximum Gasteiger partial charge on any atom is 0.416 e. The fraction of sp³-hybridized carbons (Fsp3) is 0.550. The van der Waals surface area contributed by atoms with Crippen molar-refractivity contribution in [3.63, 3.8) is 0 Å². The predicted molar refractivity (Wildman–Crippen MR) is 97.8 cm³/mol. The van der Waals surface area contributed by atoms with Crippen molar-refractivity contribution in [1.82, 2.24) is 9.80 Å². The van der Waals surface area contributed by atoms with Crippen molar-refractivity contribution in [2.45, 2.75) is 44.8 Å². The van der Waals surface area contributed by atoms with Crippen molar-refractivity contribution >= 4 is 18.1 Å². The summed E-state index contributed by atoms with van der Waals surface area (Å²) >= 11 is 0. The lowest BCUT2D eigenvalue weighted by molar-refractivity contribution is -0.129. The summed E-state index contributed by atoms with van der Waals surface area (Å²) in [5.74, 6) is 0.0902. The molecular formula is C20H26N2O5. The van der Waals surface area contributed by atoms with Crippen LogP contribution in [0.3, 0.4) is 0 Å². The number of amides is 3. The fourth-order valence-corrected chi connectivity index (χ4v) is 3.68. The zero-order chi connectivity index (χ0) is 19.2. The molecule has 3 amide bonds. The van der Waals surface area contributed by atoms with E-state index in [1.165, 1.54) is 4.90 Å². The third-order valence-electron chi connectivity index (χ3n) is 5.38. The summed E-state index contributed by atoms with van der Waals surface area (Å²) in [6.45, 7) is 0.899. The molecule has 1 heterocycles. The normalized spacial score (nSPS) is 22.3. The van der Waals surface area contributed by atoms with Gasteiger partial charge in [0.1, 0.15) is 13.2 Å². The summed E-state index contributed by atoms with van der Waals surface area (Å²) in [5.41, 5.74) is 0.960. The summed E-state index contributed by atoms with van der Waals surface area (Å²) in [5, 5.41) is 0. The molecule has 27 heavy (non-hydrogen) atoms. The van der Waals surface area contributed by atoms with Gasteiger partial charge >= 0.3 is 12.2 Å². The van der Waals surface area contributed by atoms with E-state index < -0.39 is 6.09 Å². The Balaban J connectivity index is 1.40. The number of carbonyl (C=O) groups excluding carboxylic acids is 3. The topological polar surface area (TPSA) is 76.2 Å². The highest BCUT2D eigenvalue weighted by Crippen LogP contribution is 2.30. The Hall–Kier alpha value is -2.57. The van der Waals surface area contributed by atoms with Gasteiger partial charge in [-0.25, -0.2) is 14.5 Å². The number of rotatable bonds is 5. The molecule has 1 saturated carbocycles. The number of imide groups is 1. The largest absolute Gasteiger partial charge is 0.447 e. The molecule has 146 valence electrons. The Kier molecular flexibility index (Phi) is 6.32. The zero-order valence-electron chi connectivity index (χ0n) is 15.6. The van der Waals surface area contributed by atoms with Gasteiger partial charge in [0.05, 0.1) is 6.54 Å². The van der Waals surface area contributed by atoms with E-state index in [9.17, 15) is 14.4 Å². The van der Waals surface area contributed by atoms with Gasteiger partial charge in [0.2, 0.25) is 5.91 Å². The molecular weight excluding hydrogens is 348 g/mol. The van der Waals surface area contributed by atoms with Crippen molar-refractivity contribution in [3.05, 3.63) is 35.9 Å². The van der Waals surface area contributed by atoms with Gasteiger partial charge < -0.3 is 14.4 Å². The Morgan fingerprint density at radius 1 is 1.19 bits per heavy atom. The number of carbonyl (C=O) groups is 3. The minimum Gasteiger partial charge on any atom is -0.447 e. The first-order chi connectivity index (χ1) is 13.0. The van der Waals surface area contributed by atoms with Crippen molar-refractivity contribution in [2.24, 2.45) is 5.92 Å². The first-order valence-electron chi connectivity index (χ1n) is 9.45.